The normalized spacial score (nSPS) is 22.1. The number of nitrogens with zero attached hydrogens (tertiary/aromatic N) is 5. The van der Waals surface area contributed by atoms with Crippen LogP contribution in [0.15, 0.2) is 30.9 Å². The number of halogens is 4. The molecule has 0 bridgehead atoms. The van der Waals surface area contributed by atoms with Crippen LogP contribution in [0, 0.1) is 0 Å². The predicted molar refractivity (Wildman–Crippen MR) is 99.4 cm³/mol. The second-order valence-electron chi connectivity index (χ2n) is 7.24. The van der Waals surface area contributed by atoms with E-state index in [1.54, 1.807) is 6.07 Å². The lowest BCUT2D eigenvalue weighted by Gasteiger charge is -2.27. The Morgan fingerprint density at radius 2 is 2.03 bits per heavy atom. The van der Waals surface area contributed by atoms with E-state index in [0.717, 1.165) is 12.4 Å². The summed E-state index contributed by atoms with van der Waals surface area (Å²) in [5.74, 6) is 0.190. The van der Waals surface area contributed by atoms with Crippen LogP contribution in [-0.2, 0) is 5.60 Å². The van der Waals surface area contributed by atoms with Gasteiger partial charge < -0.3 is 15.7 Å². The first-order chi connectivity index (χ1) is 14.2. The van der Waals surface area contributed by atoms with Crippen LogP contribution in [0.2, 0.25) is 0 Å². The molecule has 1 aliphatic heterocycles. The van der Waals surface area contributed by atoms with E-state index in [1.165, 1.54) is 16.8 Å². The molecule has 12 heteroatoms. The van der Waals surface area contributed by atoms with E-state index in [2.05, 4.69) is 30.6 Å². The van der Waals surface area contributed by atoms with Crippen LogP contribution in [0.25, 0.3) is 17.0 Å². The lowest BCUT2D eigenvalue weighted by Crippen LogP contribution is -2.46. The van der Waals surface area contributed by atoms with Gasteiger partial charge in [0.05, 0.1) is 35.5 Å². The maximum absolute atomic E-state index is 14.1. The highest BCUT2D eigenvalue weighted by Gasteiger charge is 2.52. The summed E-state index contributed by atoms with van der Waals surface area (Å²) in [6, 6.07) is 1.07. The number of aromatic nitrogens is 5. The van der Waals surface area contributed by atoms with E-state index in [-0.39, 0.29) is 11.6 Å². The summed E-state index contributed by atoms with van der Waals surface area (Å²) in [6.07, 6.45) is -0.482. The first-order valence-corrected chi connectivity index (χ1v) is 9.24. The Hall–Kier alpha value is -2.86. The van der Waals surface area contributed by atoms with Gasteiger partial charge in [-0.15, -0.1) is 0 Å². The van der Waals surface area contributed by atoms with Gasteiger partial charge in [-0.05, 0) is 26.0 Å². The average Bonchev–Trinajstić information content (AvgIpc) is 3.12. The molecule has 30 heavy (non-hydrogen) atoms. The van der Waals surface area contributed by atoms with Crippen molar-refractivity contribution in [3.8, 4) is 11.4 Å². The summed E-state index contributed by atoms with van der Waals surface area (Å²) in [4.78, 5) is 16.3. The summed E-state index contributed by atoms with van der Waals surface area (Å²) in [5.41, 5.74) is -2.70. The first-order valence-electron chi connectivity index (χ1n) is 9.24. The Labute approximate surface area is 168 Å². The standard InChI is InChI=1S/C18H19F4N7O/c1-17(30,18(20,21)22)14-9-29-13(7-26-15(29)8-25-14)11-3-5-24-16(27-11)28-12-6-23-4-2-10(12)19/h3,5,7-10,12,23,30H,2,4,6H2,1H3,(H,24,27,28). The molecule has 1 aliphatic rings. The third-order valence-electron chi connectivity index (χ3n) is 5.08. The monoisotopic (exact) mass is 425 g/mol. The number of piperidine rings is 1. The number of nitrogens with one attached hydrogen (secondary N) is 2. The fraction of sp³-hybridized carbons (Fsp3) is 0.444. The predicted octanol–water partition coefficient (Wildman–Crippen LogP) is 2.07. The SMILES string of the molecule is CC(O)(c1cn2c(-c3ccnc(NC4CNCCC4F)n3)cnc2cn1)C(F)(F)F. The zero-order chi connectivity index (χ0) is 21.5. The van der Waals surface area contributed by atoms with Gasteiger partial charge in [-0.2, -0.15) is 13.2 Å². The number of alkyl halides is 4. The van der Waals surface area contributed by atoms with Gasteiger partial charge in [0.1, 0.15) is 6.17 Å². The molecule has 1 fully saturated rings. The minimum atomic E-state index is -4.91. The van der Waals surface area contributed by atoms with Gasteiger partial charge in [0, 0.05) is 18.9 Å². The molecule has 4 rings (SSSR count). The van der Waals surface area contributed by atoms with Crippen LogP contribution in [0.4, 0.5) is 23.5 Å². The third kappa shape index (κ3) is 3.67. The Kier molecular flexibility index (Phi) is 5.06. The molecule has 4 heterocycles. The van der Waals surface area contributed by atoms with E-state index < -0.39 is 29.7 Å². The molecule has 0 saturated carbocycles. The number of anilines is 1. The van der Waals surface area contributed by atoms with E-state index in [0.29, 0.717) is 37.8 Å². The molecule has 3 N–H and O–H groups in total. The van der Waals surface area contributed by atoms with Crippen LogP contribution in [0.1, 0.15) is 19.0 Å². The Bertz CT molecular complexity index is 1050. The molecule has 3 aromatic heterocycles. The number of hydrogen-bond acceptors (Lipinski definition) is 7. The van der Waals surface area contributed by atoms with Crippen LogP contribution in [-0.4, -0.2) is 60.9 Å². The molecule has 0 radical (unpaired) electrons. The second-order valence-corrected chi connectivity index (χ2v) is 7.24. The van der Waals surface area contributed by atoms with Crippen molar-refractivity contribution in [1.29, 1.82) is 0 Å². The molecule has 3 aromatic rings. The molecule has 3 atom stereocenters. The molecule has 0 amide bonds. The van der Waals surface area contributed by atoms with Gasteiger partial charge in [-0.25, -0.2) is 19.3 Å². The minimum Gasteiger partial charge on any atom is -0.375 e. The zero-order valence-electron chi connectivity index (χ0n) is 15.9. The van der Waals surface area contributed by atoms with Crippen molar-refractivity contribution in [1.82, 2.24) is 29.7 Å². The Balaban J connectivity index is 1.69. The van der Waals surface area contributed by atoms with Crippen molar-refractivity contribution in [2.75, 3.05) is 18.4 Å². The van der Waals surface area contributed by atoms with Crippen LogP contribution < -0.4 is 10.6 Å². The van der Waals surface area contributed by atoms with Crippen molar-refractivity contribution < 1.29 is 22.7 Å². The average molecular weight is 425 g/mol. The van der Waals surface area contributed by atoms with Crippen molar-refractivity contribution in [3.63, 3.8) is 0 Å². The van der Waals surface area contributed by atoms with E-state index in [4.69, 9.17) is 0 Å². The fourth-order valence-electron chi connectivity index (χ4n) is 3.18. The molecular weight excluding hydrogens is 406 g/mol. The first kappa shape index (κ1) is 20.4. The molecule has 0 aliphatic carbocycles. The highest BCUT2D eigenvalue weighted by molar-refractivity contribution is 5.60. The Morgan fingerprint density at radius 1 is 1.23 bits per heavy atom. The number of fused-ring (bicyclic) bond motifs is 1. The zero-order valence-corrected chi connectivity index (χ0v) is 15.9. The van der Waals surface area contributed by atoms with Gasteiger partial charge in [-0.3, -0.25) is 9.38 Å². The van der Waals surface area contributed by atoms with Gasteiger partial charge in [0.2, 0.25) is 11.5 Å². The number of aliphatic hydroxyl groups is 1. The molecule has 3 unspecified atom stereocenters. The van der Waals surface area contributed by atoms with E-state index in [9.17, 15) is 22.7 Å². The van der Waals surface area contributed by atoms with Gasteiger partial charge in [0.15, 0.2) is 5.65 Å². The van der Waals surface area contributed by atoms with Gasteiger partial charge in [0.25, 0.3) is 0 Å². The number of rotatable bonds is 4. The quantitative estimate of drug-likeness (QED) is 0.551. The van der Waals surface area contributed by atoms with Gasteiger partial charge >= 0.3 is 6.18 Å². The highest BCUT2D eigenvalue weighted by atomic mass is 19.4. The smallest absolute Gasteiger partial charge is 0.375 e. The Morgan fingerprint density at radius 3 is 2.77 bits per heavy atom. The van der Waals surface area contributed by atoms with Crippen LogP contribution in [0.3, 0.4) is 0 Å². The van der Waals surface area contributed by atoms with E-state index in [1.807, 2.05) is 0 Å². The summed E-state index contributed by atoms with van der Waals surface area (Å²) >= 11 is 0. The third-order valence-corrected chi connectivity index (χ3v) is 5.08. The molecule has 160 valence electrons. The van der Waals surface area contributed by atoms with Gasteiger partial charge in [-0.1, -0.05) is 0 Å². The molecule has 8 nitrogen and oxygen atoms in total. The number of imidazole rings is 1. The maximum atomic E-state index is 14.1. The lowest BCUT2D eigenvalue weighted by atomic mass is 10.0. The minimum absolute atomic E-state index is 0.190. The summed E-state index contributed by atoms with van der Waals surface area (Å²) in [5, 5.41) is 16.0. The van der Waals surface area contributed by atoms with Crippen molar-refractivity contribution in [2.45, 2.75) is 37.3 Å². The topological polar surface area (TPSA) is 100 Å². The summed E-state index contributed by atoms with van der Waals surface area (Å²) < 4.78 is 55.0. The van der Waals surface area contributed by atoms with Crippen LogP contribution >= 0.6 is 0 Å². The summed E-state index contributed by atoms with van der Waals surface area (Å²) in [6.45, 7) is 1.65. The fourth-order valence-corrected chi connectivity index (χ4v) is 3.18. The van der Waals surface area contributed by atoms with Crippen molar-refractivity contribution >= 4 is 11.6 Å². The van der Waals surface area contributed by atoms with Crippen molar-refractivity contribution in [2.24, 2.45) is 0 Å². The molecule has 1 saturated heterocycles. The molecule has 0 spiro atoms. The lowest BCUT2D eigenvalue weighted by molar-refractivity contribution is -0.260. The largest absolute Gasteiger partial charge is 0.422 e. The highest BCUT2D eigenvalue weighted by Crippen LogP contribution is 2.37. The van der Waals surface area contributed by atoms with Crippen molar-refractivity contribution in [3.05, 3.63) is 36.5 Å². The second kappa shape index (κ2) is 7.43. The number of hydrogen-bond donors (Lipinski definition) is 3. The molecule has 0 aromatic carbocycles. The van der Waals surface area contributed by atoms with Crippen LogP contribution in [0.5, 0.6) is 0 Å². The van der Waals surface area contributed by atoms with E-state index >= 15 is 0 Å². The summed E-state index contributed by atoms with van der Waals surface area (Å²) in [7, 11) is 0. The molecular formula is C18H19F4N7O. The maximum Gasteiger partial charge on any atom is 0.422 e.